The van der Waals surface area contributed by atoms with Gasteiger partial charge in [0, 0.05) is 22.9 Å². The highest BCUT2D eigenvalue weighted by Gasteiger charge is 2.15. The Morgan fingerprint density at radius 3 is 2.57 bits per heavy atom. The second kappa shape index (κ2) is 6.44. The van der Waals surface area contributed by atoms with Crippen LogP contribution in [0.5, 0.6) is 0 Å². The number of nitrogens with one attached hydrogen (secondary N) is 1. The van der Waals surface area contributed by atoms with Crippen LogP contribution in [0.1, 0.15) is 21.1 Å². The van der Waals surface area contributed by atoms with Gasteiger partial charge in [0.2, 0.25) is 10.0 Å². The van der Waals surface area contributed by atoms with Crippen LogP contribution in [0, 0.1) is 20.8 Å². The number of halogens is 1. The van der Waals surface area contributed by atoms with Crippen LogP contribution in [0.15, 0.2) is 23.1 Å². The van der Waals surface area contributed by atoms with Gasteiger partial charge in [0.15, 0.2) is 0 Å². The minimum atomic E-state index is -3.53. The highest BCUT2D eigenvalue weighted by atomic mass is 35.5. The van der Waals surface area contributed by atoms with E-state index in [1.165, 1.54) is 6.07 Å². The van der Waals surface area contributed by atoms with E-state index >= 15 is 0 Å². The first-order chi connectivity index (χ1) is 9.79. The Balaban J connectivity index is 2.02. The van der Waals surface area contributed by atoms with Crippen molar-refractivity contribution < 1.29 is 8.42 Å². The topological polar surface area (TPSA) is 59.1 Å². The second-order valence-corrected chi connectivity index (χ2v) is 8.27. The Bertz CT molecular complexity index is 735. The average Bonchev–Trinajstić information content (AvgIpc) is 2.71. The molecule has 1 N–H and O–H groups in total. The molecule has 0 radical (unpaired) electrons. The Morgan fingerprint density at radius 2 is 2.00 bits per heavy atom. The van der Waals surface area contributed by atoms with Crippen molar-refractivity contribution in [3.8, 4) is 0 Å². The lowest BCUT2D eigenvalue weighted by Gasteiger charge is -2.07. The van der Waals surface area contributed by atoms with Gasteiger partial charge in [-0.25, -0.2) is 18.1 Å². The van der Waals surface area contributed by atoms with E-state index in [9.17, 15) is 8.42 Å². The SMILES string of the molecule is Cc1ccc(S(=O)(=O)NCCc2nc(C)c(C)s2)cc1Cl. The summed E-state index contributed by atoms with van der Waals surface area (Å²) in [6.45, 7) is 6.11. The molecule has 7 heteroatoms. The molecule has 2 aromatic rings. The second-order valence-electron chi connectivity index (χ2n) is 4.81. The van der Waals surface area contributed by atoms with Crippen LogP contribution < -0.4 is 4.72 Å². The molecule has 1 heterocycles. The summed E-state index contributed by atoms with van der Waals surface area (Å²) in [4.78, 5) is 5.74. The summed E-state index contributed by atoms with van der Waals surface area (Å²) in [5, 5.41) is 1.39. The molecule has 0 aliphatic rings. The van der Waals surface area contributed by atoms with Crippen LogP contribution in [0.4, 0.5) is 0 Å². The smallest absolute Gasteiger partial charge is 0.240 e. The van der Waals surface area contributed by atoms with Crippen molar-refractivity contribution in [1.82, 2.24) is 9.71 Å². The maximum Gasteiger partial charge on any atom is 0.240 e. The van der Waals surface area contributed by atoms with Gasteiger partial charge in [-0.05, 0) is 38.5 Å². The van der Waals surface area contributed by atoms with Crippen LogP contribution in [0.3, 0.4) is 0 Å². The summed E-state index contributed by atoms with van der Waals surface area (Å²) in [6.07, 6.45) is 0.582. The predicted molar refractivity (Wildman–Crippen MR) is 86.7 cm³/mol. The molecular weight excluding hydrogens is 328 g/mol. The van der Waals surface area contributed by atoms with Gasteiger partial charge >= 0.3 is 0 Å². The Labute approximate surface area is 134 Å². The van der Waals surface area contributed by atoms with Crippen LogP contribution in [0.2, 0.25) is 5.02 Å². The molecule has 2 rings (SSSR count). The zero-order chi connectivity index (χ0) is 15.6. The molecule has 21 heavy (non-hydrogen) atoms. The molecular formula is C14H17ClN2O2S2. The fourth-order valence-corrected chi connectivity index (χ4v) is 4.00. The summed E-state index contributed by atoms with van der Waals surface area (Å²) < 4.78 is 26.9. The molecule has 0 unspecified atom stereocenters. The number of hydrogen-bond donors (Lipinski definition) is 1. The van der Waals surface area contributed by atoms with E-state index in [1.807, 2.05) is 20.8 Å². The number of aromatic nitrogens is 1. The molecule has 0 spiro atoms. The third-order valence-corrected chi connectivity index (χ3v) is 6.16. The van der Waals surface area contributed by atoms with Crippen LogP contribution in [0.25, 0.3) is 0 Å². The lowest BCUT2D eigenvalue weighted by molar-refractivity contribution is 0.581. The molecule has 0 atom stereocenters. The molecule has 0 bridgehead atoms. The molecule has 4 nitrogen and oxygen atoms in total. The number of benzene rings is 1. The quantitative estimate of drug-likeness (QED) is 0.905. The minimum Gasteiger partial charge on any atom is -0.246 e. The van der Waals surface area contributed by atoms with E-state index in [-0.39, 0.29) is 4.90 Å². The summed E-state index contributed by atoms with van der Waals surface area (Å²) in [5.41, 5.74) is 1.85. The first kappa shape index (κ1) is 16.4. The summed E-state index contributed by atoms with van der Waals surface area (Å²) in [6, 6.07) is 4.72. The standard InChI is InChI=1S/C14H17ClN2O2S2/c1-9-4-5-12(8-13(9)15)21(18,19)16-7-6-14-17-10(2)11(3)20-14/h4-5,8,16H,6-7H2,1-3H3. The lowest BCUT2D eigenvalue weighted by atomic mass is 10.2. The van der Waals surface area contributed by atoms with Crippen LogP contribution >= 0.6 is 22.9 Å². The number of hydrogen-bond acceptors (Lipinski definition) is 4. The molecule has 0 fully saturated rings. The zero-order valence-corrected chi connectivity index (χ0v) is 14.5. The number of rotatable bonds is 5. The van der Waals surface area contributed by atoms with Crippen molar-refractivity contribution in [3.05, 3.63) is 44.4 Å². The first-order valence-electron chi connectivity index (χ1n) is 6.48. The summed E-state index contributed by atoms with van der Waals surface area (Å²) in [7, 11) is -3.53. The predicted octanol–water partition coefficient (Wildman–Crippen LogP) is 3.24. The van der Waals surface area contributed by atoms with Gasteiger partial charge in [0.05, 0.1) is 15.6 Å². The van der Waals surface area contributed by atoms with Crippen LogP contribution in [-0.2, 0) is 16.4 Å². The van der Waals surface area contributed by atoms with Crippen molar-refractivity contribution in [3.63, 3.8) is 0 Å². The van der Waals surface area contributed by atoms with E-state index < -0.39 is 10.0 Å². The van der Waals surface area contributed by atoms with E-state index in [0.717, 1.165) is 21.1 Å². The van der Waals surface area contributed by atoms with E-state index in [1.54, 1.807) is 23.5 Å². The summed E-state index contributed by atoms with van der Waals surface area (Å²) in [5.74, 6) is 0. The highest BCUT2D eigenvalue weighted by molar-refractivity contribution is 7.89. The molecule has 1 aromatic heterocycles. The van der Waals surface area contributed by atoms with Gasteiger partial charge in [0.25, 0.3) is 0 Å². The molecule has 1 aromatic carbocycles. The van der Waals surface area contributed by atoms with Crippen molar-refractivity contribution in [2.75, 3.05) is 6.54 Å². The highest BCUT2D eigenvalue weighted by Crippen LogP contribution is 2.20. The fourth-order valence-electron chi connectivity index (χ4n) is 1.76. The monoisotopic (exact) mass is 344 g/mol. The van der Waals surface area contributed by atoms with E-state index in [2.05, 4.69) is 9.71 Å². The van der Waals surface area contributed by atoms with Gasteiger partial charge in [-0.15, -0.1) is 11.3 Å². The van der Waals surface area contributed by atoms with Crippen molar-refractivity contribution in [2.45, 2.75) is 32.1 Å². The average molecular weight is 345 g/mol. The van der Waals surface area contributed by atoms with Crippen molar-refractivity contribution in [2.24, 2.45) is 0 Å². The molecule has 0 saturated heterocycles. The van der Waals surface area contributed by atoms with Crippen molar-refractivity contribution >= 4 is 33.0 Å². The number of aryl methyl sites for hydroxylation is 3. The molecule has 114 valence electrons. The number of nitrogens with zero attached hydrogens (tertiary/aromatic N) is 1. The van der Waals surface area contributed by atoms with E-state index in [4.69, 9.17) is 11.6 Å². The summed E-state index contributed by atoms with van der Waals surface area (Å²) >= 11 is 7.57. The van der Waals surface area contributed by atoms with Gasteiger partial charge in [-0.2, -0.15) is 0 Å². The molecule has 0 aliphatic carbocycles. The molecule has 0 saturated carbocycles. The Morgan fingerprint density at radius 1 is 1.29 bits per heavy atom. The fraction of sp³-hybridized carbons (Fsp3) is 0.357. The van der Waals surface area contributed by atoms with Gasteiger partial charge in [-0.1, -0.05) is 17.7 Å². The normalized spacial score (nSPS) is 11.8. The Hall–Kier alpha value is -0.950. The van der Waals surface area contributed by atoms with E-state index in [0.29, 0.717) is 18.0 Å². The number of sulfonamides is 1. The number of thiazole rings is 1. The van der Waals surface area contributed by atoms with Crippen LogP contribution in [-0.4, -0.2) is 19.9 Å². The molecule has 0 aliphatic heterocycles. The molecule has 0 amide bonds. The van der Waals surface area contributed by atoms with Gasteiger partial charge in [-0.3, -0.25) is 0 Å². The largest absolute Gasteiger partial charge is 0.246 e. The van der Waals surface area contributed by atoms with Gasteiger partial charge in [0.1, 0.15) is 0 Å². The minimum absolute atomic E-state index is 0.185. The zero-order valence-electron chi connectivity index (χ0n) is 12.1. The third-order valence-electron chi connectivity index (χ3n) is 3.16. The maximum absolute atomic E-state index is 12.2. The first-order valence-corrected chi connectivity index (χ1v) is 9.16. The van der Waals surface area contributed by atoms with Crippen molar-refractivity contribution in [1.29, 1.82) is 0 Å². The third kappa shape index (κ3) is 4.03. The Kier molecular flexibility index (Phi) is 5.03. The lowest BCUT2D eigenvalue weighted by Crippen LogP contribution is -2.26. The maximum atomic E-state index is 12.2. The van der Waals surface area contributed by atoms with Gasteiger partial charge < -0.3 is 0 Å².